The summed E-state index contributed by atoms with van der Waals surface area (Å²) in [6.45, 7) is 0. The van der Waals surface area contributed by atoms with Crippen molar-refractivity contribution in [2.75, 3.05) is 0 Å². The minimum absolute atomic E-state index is 0.0997. The lowest BCUT2D eigenvalue weighted by atomic mass is 9.86. The summed E-state index contributed by atoms with van der Waals surface area (Å²) in [4.78, 5) is 19.5. The highest BCUT2D eigenvalue weighted by atomic mass is 32.2. The molecule has 0 bridgehead atoms. The average Bonchev–Trinajstić information content (AvgIpc) is 3.16. The molecule has 1 fully saturated rings. The van der Waals surface area contributed by atoms with Crippen LogP contribution in [0.4, 0.5) is 4.39 Å². The van der Waals surface area contributed by atoms with E-state index in [9.17, 15) is 9.18 Å². The van der Waals surface area contributed by atoms with Gasteiger partial charge in [-0.3, -0.25) is 9.89 Å². The van der Waals surface area contributed by atoms with E-state index in [1.165, 1.54) is 56.0 Å². The molecule has 0 amide bonds. The second-order valence-electron chi connectivity index (χ2n) is 7.32. The van der Waals surface area contributed by atoms with Gasteiger partial charge in [0.2, 0.25) is 0 Å². The number of rotatable bonds is 6. The molecule has 28 heavy (non-hydrogen) atoms. The Hall–Kier alpha value is -2.41. The summed E-state index contributed by atoms with van der Waals surface area (Å²) in [5.41, 5.74) is 3.35. The second-order valence-corrected chi connectivity index (χ2v) is 8.28. The zero-order chi connectivity index (χ0) is 19.3. The number of aromatic nitrogens is 4. The summed E-state index contributed by atoms with van der Waals surface area (Å²) in [6.07, 6.45) is 7.24. The number of thioether (sulfide) groups is 1. The van der Waals surface area contributed by atoms with Gasteiger partial charge in [0, 0.05) is 17.5 Å². The van der Waals surface area contributed by atoms with Crippen LogP contribution in [-0.4, -0.2) is 20.2 Å². The normalized spacial score (nSPS) is 15.0. The Morgan fingerprint density at radius 3 is 2.64 bits per heavy atom. The monoisotopic (exact) mass is 398 g/mol. The van der Waals surface area contributed by atoms with Crippen molar-refractivity contribution in [3.05, 3.63) is 64.0 Å². The highest BCUT2D eigenvalue weighted by Gasteiger charge is 2.15. The van der Waals surface area contributed by atoms with Gasteiger partial charge in [-0.15, -0.1) is 0 Å². The topological polar surface area (TPSA) is 74.4 Å². The average molecular weight is 399 g/mol. The molecule has 2 aromatic heterocycles. The fourth-order valence-electron chi connectivity index (χ4n) is 3.70. The molecule has 2 heterocycles. The van der Waals surface area contributed by atoms with Gasteiger partial charge in [-0.1, -0.05) is 43.9 Å². The number of nitrogens with one attached hydrogen (secondary N) is 2. The molecule has 3 aromatic rings. The minimum Gasteiger partial charge on any atom is -0.301 e. The SMILES string of the molecule is O=c1cc(CC2CCCCC2)nc(SCc2cc(-c3ccc(F)cc3)[nH]n2)[nH]1. The molecule has 5 nitrogen and oxygen atoms in total. The molecule has 0 radical (unpaired) electrons. The number of hydrogen-bond donors (Lipinski definition) is 2. The van der Waals surface area contributed by atoms with Gasteiger partial charge >= 0.3 is 0 Å². The van der Waals surface area contributed by atoms with E-state index in [1.54, 1.807) is 18.2 Å². The summed E-state index contributed by atoms with van der Waals surface area (Å²) in [7, 11) is 0. The fraction of sp³-hybridized carbons (Fsp3) is 0.381. The summed E-state index contributed by atoms with van der Waals surface area (Å²) in [6, 6.07) is 9.85. The molecule has 0 atom stereocenters. The smallest absolute Gasteiger partial charge is 0.251 e. The Morgan fingerprint density at radius 2 is 1.86 bits per heavy atom. The number of halogens is 1. The number of aromatic amines is 2. The van der Waals surface area contributed by atoms with Gasteiger partial charge in [-0.2, -0.15) is 5.10 Å². The van der Waals surface area contributed by atoms with Crippen LogP contribution in [0.2, 0.25) is 0 Å². The molecule has 0 unspecified atom stereocenters. The van der Waals surface area contributed by atoms with Crippen molar-refractivity contribution in [2.24, 2.45) is 5.92 Å². The van der Waals surface area contributed by atoms with Crippen LogP contribution in [0.15, 0.2) is 46.3 Å². The van der Waals surface area contributed by atoms with E-state index >= 15 is 0 Å². The third kappa shape index (κ3) is 4.90. The van der Waals surface area contributed by atoms with Crippen LogP contribution in [0.25, 0.3) is 11.3 Å². The molecule has 1 aliphatic rings. The number of hydrogen-bond acceptors (Lipinski definition) is 4. The predicted molar refractivity (Wildman–Crippen MR) is 109 cm³/mol. The molecule has 4 rings (SSSR count). The Kier molecular flexibility index (Phi) is 5.90. The van der Waals surface area contributed by atoms with Gasteiger partial charge in [0.05, 0.1) is 11.4 Å². The van der Waals surface area contributed by atoms with Crippen LogP contribution in [0.5, 0.6) is 0 Å². The van der Waals surface area contributed by atoms with Crippen LogP contribution >= 0.6 is 11.8 Å². The first kappa shape index (κ1) is 18.9. The number of H-pyrrole nitrogens is 2. The maximum atomic E-state index is 13.1. The van der Waals surface area contributed by atoms with E-state index in [1.807, 2.05) is 6.07 Å². The van der Waals surface area contributed by atoms with Gasteiger partial charge in [0.15, 0.2) is 5.16 Å². The van der Waals surface area contributed by atoms with E-state index < -0.39 is 0 Å². The quantitative estimate of drug-likeness (QED) is 0.466. The van der Waals surface area contributed by atoms with Crippen molar-refractivity contribution < 1.29 is 4.39 Å². The molecule has 0 saturated heterocycles. The van der Waals surface area contributed by atoms with E-state index in [-0.39, 0.29) is 11.4 Å². The molecule has 2 N–H and O–H groups in total. The van der Waals surface area contributed by atoms with Crippen molar-refractivity contribution in [3.8, 4) is 11.3 Å². The van der Waals surface area contributed by atoms with Crippen LogP contribution < -0.4 is 5.56 Å². The third-order valence-corrected chi connectivity index (χ3v) is 6.05. The molecule has 1 aliphatic carbocycles. The van der Waals surface area contributed by atoms with E-state index in [2.05, 4.69) is 20.2 Å². The Balaban J connectivity index is 1.40. The predicted octanol–water partition coefficient (Wildman–Crippen LogP) is 4.71. The van der Waals surface area contributed by atoms with Gasteiger partial charge in [0.1, 0.15) is 5.82 Å². The fourth-order valence-corrected chi connectivity index (χ4v) is 4.49. The van der Waals surface area contributed by atoms with Gasteiger partial charge in [-0.25, -0.2) is 9.37 Å². The first-order chi connectivity index (χ1) is 13.7. The van der Waals surface area contributed by atoms with Crippen molar-refractivity contribution in [2.45, 2.75) is 49.4 Å². The molecule has 1 aromatic carbocycles. The molecule has 0 spiro atoms. The van der Waals surface area contributed by atoms with Crippen LogP contribution in [0.1, 0.15) is 43.5 Å². The third-order valence-electron chi connectivity index (χ3n) is 5.14. The number of nitrogens with zero attached hydrogens (tertiary/aromatic N) is 2. The van der Waals surface area contributed by atoms with E-state index in [4.69, 9.17) is 0 Å². The molecule has 0 aliphatic heterocycles. The Morgan fingerprint density at radius 1 is 1.07 bits per heavy atom. The molecule has 7 heteroatoms. The lowest BCUT2D eigenvalue weighted by Gasteiger charge is -2.20. The van der Waals surface area contributed by atoms with Crippen LogP contribution in [0, 0.1) is 11.7 Å². The van der Waals surface area contributed by atoms with Crippen molar-refractivity contribution in [1.82, 2.24) is 20.2 Å². The summed E-state index contributed by atoms with van der Waals surface area (Å²) >= 11 is 1.47. The van der Waals surface area contributed by atoms with Crippen LogP contribution in [0.3, 0.4) is 0 Å². The number of benzene rings is 1. The van der Waals surface area contributed by atoms with E-state index in [0.717, 1.165) is 29.1 Å². The zero-order valence-electron chi connectivity index (χ0n) is 15.6. The van der Waals surface area contributed by atoms with Crippen molar-refractivity contribution in [1.29, 1.82) is 0 Å². The Bertz CT molecular complexity index is 977. The second kappa shape index (κ2) is 8.73. The molecule has 146 valence electrons. The maximum absolute atomic E-state index is 13.1. The maximum Gasteiger partial charge on any atom is 0.251 e. The standard InChI is InChI=1S/C21H23FN4OS/c22-16-8-6-15(7-9-16)19-11-18(25-26-19)13-28-21-23-17(12-20(27)24-21)10-14-4-2-1-3-5-14/h6-9,11-12,14H,1-5,10,13H2,(H,25,26)(H,23,24,27). The summed E-state index contributed by atoms with van der Waals surface area (Å²) in [5.74, 6) is 0.973. The molecular formula is C21H23FN4OS. The zero-order valence-corrected chi connectivity index (χ0v) is 16.4. The minimum atomic E-state index is -0.262. The first-order valence-electron chi connectivity index (χ1n) is 9.69. The first-order valence-corrected chi connectivity index (χ1v) is 10.7. The van der Waals surface area contributed by atoms with E-state index in [0.29, 0.717) is 16.8 Å². The van der Waals surface area contributed by atoms with Crippen LogP contribution in [-0.2, 0) is 12.2 Å². The molecule has 1 saturated carbocycles. The van der Waals surface area contributed by atoms with Gasteiger partial charge in [-0.05, 0) is 48.2 Å². The summed E-state index contributed by atoms with van der Waals surface area (Å²) < 4.78 is 13.1. The lowest BCUT2D eigenvalue weighted by Crippen LogP contribution is -2.15. The molecular weight excluding hydrogens is 375 g/mol. The van der Waals surface area contributed by atoms with Gasteiger partial charge in [0.25, 0.3) is 5.56 Å². The van der Waals surface area contributed by atoms with Crippen molar-refractivity contribution >= 4 is 11.8 Å². The largest absolute Gasteiger partial charge is 0.301 e. The van der Waals surface area contributed by atoms with Gasteiger partial charge < -0.3 is 4.98 Å². The highest BCUT2D eigenvalue weighted by Crippen LogP contribution is 2.27. The van der Waals surface area contributed by atoms with Crippen molar-refractivity contribution in [3.63, 3.8) is 0 Å². The highest BCUT2D eigenvalue weighted by molar-refractivity contribution is 7.98. The Labute approximate surface area is 167 Å². The lowest BCUT2D eigenvalue weighted by molar-refractivity contribution is 0.353. The summed E-state index contributed by atoms with van der Waals surface area (Å²) in [5, 5.41) is 7.92.